The number of hydrogen-bond donors (Lipinski definition) is 2. The van der Waals surface area contributed by atoms with E-state index in [0.29, 0.717) is 48.7 Å². The summed E-state index contributed by atoms with van der Waals surface area (Å²) in [6.45, 7) is 1.72. The Balaban J connectivity index is 1.30. The van der Waals surface area contributed by atoms with Crippen LogP contribution in [0.4, 0.5) is 15.2 Å². The summed E-state index contributed by atoms with van der Waals surface area (Å²) in [6.07, 6.45) is 2.80. The van der Waals surface area contributed by atoms with Gasteiger partial charge in [-0.3, -0.25) is 14.4 Å². The SMILES string of the molecule is O=C(Nc1ccc(S(=O)(=O)Nc2nccs2)cc1)C1CCN(Cc2c(F)cccc2Cl)CC1. The lowest BCUT2D eigenvalue weighted by molar-refractivity contribution is -0.121. The molecule has 0 bridgehead atoms. The number of rotatable bonds is 7. The Morgan fingerprint density at radius 2 is 1.91 bits per heavy atom. The Bertz CT molecular complexity index is 1190. The standard InChI is InChI=1S/C22H22ClFN4O3S2/c23-19-2-1-3-20(24)18(19)14-28-11-8-15(9-12-28)21(29)26-16-4-6-17(7-5-16)33(30,31)27-22-25-10-13-32-22/h1-7,10,13,15H,8-9,11-12,14H2,(H,25,27)(H,26,29). The van der Waals surface area contributed by atoms with Crippen molar-refractivity contribution in [2.45, 2.75) is 24.3 Å². The molecule has 0 unspecified atom stereocenters. The average Bonchev–Trinajstić information content (AvgIpc) is 3.29. The van der Waals surface area contributed by atoms with E-state index in [0.717, 1.165) is 0 Å². The van der Waals surface area contributed by atoms with Crippen molar-refractivity contribution >= 4 is 49.7 Å². The van der Waals surface area contributed by atoms with Crippen molar-refractivity contribution in [1.29, 1.82) is 0 Å². The maximum absolute atomic E-state index is 14.0. The number of anilines is 2. The molecule has 1 amide bonds. The third kappa shape index (κ3) is 5.89. The molecule has 1 aliphatic heterocycles. The monoisotopic (exact) mass is 508 g/mol. The first-order chi connectivity index (χ1) is 15.8. The maximum Gasteiger partial charge on any atom is 0.263 e. The second-order valence-corrected chi connectivity index (χ2v) is 10.7. The van der Waals surface area contributed by atoms with Crippen molar-refractivity contribution in [2.75, 3.05) is 23.1 Å². The van der Waals surface area contributed by atoms with Crippen molar-refractivity contribution in [1.82, 2.24) is 9.88 Å². The first-order valence-corrected chi connectivity index (χ1v) is 13.0. The molecule has 0 aliphatic carbocycles. The fourth-order valence-corrected chi connectivity index (χ4v) is 5.68. The third-order valence-electron chi connectivity index (χ3n) is 5.49. The molecule has 11 heteroatoms. The Labute approximate surface area is 200 Å². The van der Waals surface area contributed by atoms with Gasteiger partial charge in [-0.1, -0.05) is 17.7 Å². The summed E-state index contributed by atoms with van der Waals surface area (Å²) in [4.78, 5) is 18.8. The lowest BCUT2D eigenvalue weighted by Crippen LogP contribution is -2.38. The van der Waals surface area contributed by atoms with E-state index in [-0.39, 0.29) is 27.7 Å². The minimum Gasteiger partial charge on any atom is -0.326 e. The van der Waals surface area contributed by atoms with Crippen LogP contribution in [0.5, 0.6) is 0 Å². The van der Waals surface area contributed by atoms with Gasteiger partial charge in [0.15, 0.2) is 5.13 Å². The molecule has 33 heavy (non-hydrogen) atoms. The number of hydrogen-bond acceptors (Lipinski definition) is 6. The van der Waals surface area contributed by atoms with Crippen LogP contribution in [0.2, 0.25) is 5.02 Å². The zero-order valence-electron chi connectivity index (χ0n) is 17.5. The highest BCUT2D eigenvalue weighted by Crippen LogP contribution is 2.25. The van der Waals surface area contributed by atoms with Gasteiger partial charge in [-0.05, 0) is 62.3 Å². The van der Waals surface area contributed by atoms with Gasteiger partial charge in [-0.15, -0.1) is 11.3 Å². The van der Waals surface area contributed by atoms with E-state index < -0.39 is 10.0 Å². The number of likely N-dealkylation sites (tertiary alicyclic amines) is 1. The number of carbonyl (C=O) groups excluding carboxylic acids is 1. The summed E-state index contributed by atoms with van der Waals surface area (Å²) in [5.41, 5.74) is 0.996. The van der Waals surface area contributed by atoms with E-state index in [1.54, 1.807) is 29.6 Å². The van der Waals surface area contributed by atoms with Gasteiger partial charge in [0.2, 0.25) is 5.91 Å². The van der Waals surface area contributed by atoms with Crippen molar-refractivity contribution < 1.29 is 17.6 Å². The number of halogens is 2. The normalized spacial score (nSPS) is 15.3. The summed E-state index contributed by atoms with van der Waals surface area (Å²) < 4.78 is 41.3. The molecule has 1 fully saturated rings. The number of nitrogens with one attached hydrogen (secondary N) is 2. The second-order valence-electron chi connectivity index (χ2n) is 7.71. The topological polar surface area (TPSA) is 91.4 Å². The summed E-state index contributed by atoms with van der Waals surface area (Å²) in [7, 11) is -3.74. The number of sulfonamides is 1. The lowest BCUT2D eigenvalue weighted by atomic mass is 9.95. The van der Waals surface area contributed by atoms with Gasteiger partial charge in [-0.25, -0.2) is 17.8 Å². The smallest absolute Gasteiger partial charge is 0.263 e. The zero-order chi connectivity index (χ0) is 23.4. The fraction of sp³-hybridized carbons (Fsp3) is 0.273. The van der Waals surface area contributed by atoms with Crippen LogP contribution < -0.4 is 10.0 Å². The van der Waals surface area contributed by atoms with E-state index in [1.165, 1.54) is 35.7 Å². The Kier molecular flexibility index (Phi) is 7.28. The Morgan fingerprint density at radius 3 is 2.55 bits per heavy atom. The quantitative estimate of drug-likeness (QED) is 0.487. The molecule has 0 spiro atoms. The molecule has 2 N–H and O–H groups in total. The first kappa shape index (κ1) is 23.6. The third-order valence-corrected chi connectivity index (χ3v) is 8.01. The number of aromatic nitrogens is 1. The highest BCUT2D eigenvalue weighted by atomic mass is 35.5. The minimum absolute atomic E-state index is 0.0795. The van der Waals surface area contributed by atoms with Crippen LogP contribution in [0.15, 0.2) is 58.9 Å². The molecular formula is C22H22ClFN4O3S2. The Morgan fingerprint density at radius 1 is 1.18 bits per heavy atom. The molecule has 3 aromatic rings. The van der Waals surface area contributed by atoms with Crippen LogP contribution >= 0.6 is 22.9 Å². The molecule has 2 aromatic carbocycles. The summed E-state index contributed by atoms with van der Waals surface area (Å²) in [6, 6.07) is 10.6. The zero-order valence-corrected chi connectivity index (χ0v) is 19.9. The number of amides is 1. The van der Waals surface area contributed by atoms with Crippen molar-refractivity contribution in [3.8, 4) is 0 Å². The lowest BCUT2D eigenvalue weighted by Gasteiger charge is -2.31. The molecule has 0 atom stereocenters. The predicted molar refractivity (Wildman–Crippen MR) is 127 cm³/mol. The van der Waals surface area contributed by atoms with Gasteiger partial charge in [0.05, 0.1) is 4.90 Å². The molecule has 1 aliphatic rings. The largest absolute Gasteiger partial charge is 0.326 e. The Hall–Kier alpha value is -2.53. The van der Waals surface area contributed by atoms with Crippen LogP contribution in [-0.2, 0) is 21.4 Å². The number of nitrogens with zero attached hydrogens (tertiary/aromatic N) is 2. The number of thiazole rings is 1. The van der Waals surface area contributed by atoms with Gasteiger partial charge in [0, 0.05) is 40.3 Å². The molecule has 2 heterocycles. The molecule has 7 nitrogen and oxygen atoms in total. The van der Waals surface area contributed by atoms with Gasteiger partial charge in [0.25, 0.3) is 10.0 Å². The van der Waals surface area contributed by atoms with Crippen LogP contribution in [-0.4, -0.2) is 37.3 Å². The van der Waals surface area contributed by atoms with E-state index in [4.69, 9.17) is 11.6 Å². The van der Waals surface area contributed by atoms with Crippen LogP contribution in [0.1, 0.15) is 18.4 Å². The number of benzene rings is 2. The minimum atomic E-state index is -3.74. The predicted octanol–water partition coefficient (Wildman–Crippen LogP) is 4.59. The maximum atomic E-state index is 14.0. The number of piperidine rings is 1. The highest BCUT2D eigenvalue weighted by molar-refractivity contribution is 7.93. The first-order valence-electron chi connectivity index (χ1n) is 10.3. The van der Waals surface area contributed by atoms with Crippen molar-refractivity contribution in [3.05, 3.63) is 70.4 Å². The van der Waals surface area contributed by atoms with Crippen LogP contribution in [0.3, 0.4) is 0 Å². The molecule has 0 saturated carbocycles. The van der Waals surface area contributed by atoms with E-state index in [1.807, 2.05) is 0 Å². The summed E-state index contributed by atoms with van der Waals surface area (Å²) in [5, 5.41) is 5.22. The van der Waals surface area contributed by atoms with Crippen LogP contribution in [0, 0.1) is 11.7 Å². The van der Waals surface area contributed by atoms with E-state index in [2.05, 4.69) is 19.9 Å². The molecule has 174 valence electrons. The highest BCUT2D eigenvalue weighted by Gasteiger charge is 2.26. The molecule has 0 radical (unpaired) electrons. The molecule has 1 saturated heterocycles. The van der Waals surface area contributed by atoms with Crippen LogP contribution in [0.25, 0.3) is 0 Å². The van der Waals surface area contributed by atoms with Crippen molar-refractivity contribution in [3.63, 3.8) is 0 Å². The molecule has 1 aromatic heterocycles. The molecule has 4 rings (SSSR count). The second kappa shape index (κ2) is 10.2. The fourth-order valence-electron chi connectivity index (χ4n) is 3.67. The number of carbonyl (C=O) groups is 1. The van der Waals surface area contributed by atoms with Gasteiger partial charge in [-0.2, -0.15) is 0 Å². The molecular weight excluding hydrogens is 487 g/mol. The van der Waals surface area contributed by atoms with Gasteiger partial charge >= 0.3 is 0 Å². The van der Waals surface area contributed by atoms with Gasteiger partial charge < -0.3 is 5.32 Å². The van der Waals surface area contributed by atoms with Gasteiger partial charge in [0.1, 0.15) is 5.82 Å². The summed E-state index contributed by atoms with van der Waals surface area (Å²) >= 11 is 7.30. The van der Waals surface area contributed by atoms with E-state index in [9.17, 15) is 17.6 Å². The summed E-state index contributed by atoms with van der Waals surface area (Å²) in [5.74, 6) is -0.614. The average molecular weight is 509 g/mol. The van der Waals surface area contributed by atoms with Crippen molar-refractivity contribution in [2.24, 2.45) is 5.92 Å². The van der Waals surface area contributed by atoms with E-state index >= 15 is 0 Å².